The topological polar surface area (TPSA) is 65.2 Å². The molecular formula is C62H46N2O2. The molecule has 4 heteroatoms. The fourth-order valence-corrected chi connectivity index (χ4v) is 8.69. The van der Waals surface area contributed by atoms with E-state index in [2.05, 4.69) is 184 Å². The number of phenolic OH excluding ortho intramolecular Hbond substituents is 2. The summed E-state index contributed by atoms with van der Waals surface area (Å²) in [5.41, 5.74) is 20.5. The van der Waals surface area contributed by atoms with Crippen LogP contribution in [-0.2, 0) is 0 Å². The predicted molar refractivity (Wildman–Crippen MR) is 273 cm³/mol. The molecule has 0 saturated heterocycles. The highest BCUT2D eigenvalue weighted by molar-refractivity contribution is 5.93. The molecule has 0 bridgehead atoms. The molecule has 0 atom stereocenters. The second-order valence-electron chi connectivity index (χ2n) is 16.8. The first-order valence-corrected chi connectivity index (χ1v) is 22.2. The van der Waals surface area contributed by atoms with Gasteiger partial charge >= 0.3 is 0 Å². The van der Waals surface area contributed by atoms with Gasteiger partial charge in [-0.2, -0.15) is 0 Å². The van der Waals surface area contributed by atoms with Crippen LogP contribution < -0.4 is 0 Å². The third kappa shape index (κ3) is 8.81. The fraction of sp³-hybridized carbons (Fsp3) is 0.0323. The lowest BCUT2D eigenvalue weighted by molar-refractivity contribution is 0.475. The summed E-state index contributed by atoms with van der Waals surface area (Å²) in [7, 11) is 0. The Labute approximate surface area is 386 Å². The van der Waals surface area contributed by atoms with Gasteiger partial charge < -0.3 is 10.2 Å². The Kier molecular flexibility index (Phi) is 11.4. The minimum atomic E-state index is 0.240. The molecule has 10 rings (SSSR count). The summed E-state index contributed by atoms with van der Waals surface area (Å²) in [6, 6.07) is 78.8. The van der Waals surface area contributed by atoms with Gasteiger partial charge in [0.15, 0.2) is 0 Å². The molecule has 316 valence electrons. The van der Waals surface area contributed by atoms with Crippen LogP contribution in [0.1, 0.15) is 11.1 Å². The smallest absolute Gasteiger partial charge is 0.115 e. The van der Waals surface area contributed by atoms with Crippen molar-refractivity contribution in [2.75, 3.05) is 0 Å². The first kappa shape index (κ1) is 41.4. The van der Waals surface area contributed by atoms with Gasteiger partial charge in [-0.15, -0.1) is 10.2 Å². The number of aryl methyl sites for hydroxylation is 2. The number of nitrogens with zero attached hydrogens (tertiary/aromatic N) is 2. The van der Waals surface area contributed by atoms with Gasteiger partial charge in [0, 0.05) is 22.3 Å². The van der Waals surface area contributed by atoms with Gasteiger partial charge in [-0.25, -0.2) is 0 Å². The van der Waals surface area contributed by atoms with Crippen molar-refractivity contribution in [1.82, 2.24) is 0 Å². The summed E-state index contributed by atoms with van der Waals surface area (Å²) >= 11 is 0. The molecule has 0 heterocycles. The third-order valence-corrected chi connectivity index (χ3v) is 12.2. The molecule has 0 unspecified atom stereocenters. The van der Waals surface area contributed by atoms with Crippen LogP contribution in [0, 0.1) is 13.8 Å². The van der Waals surface area contributed by atoms with E-state index in [0.29, 0.717) is 0 Å². The van der Waals surface area contributed by atoms with Crippen molar-refractivity contribution in [2.24, 2.45) is 10.2 Å². The molecular weight excluding hydrogens is 805 g/mol. The molecule has 0 aliphatic carbocycles. The molecule has 0 aliphatic heterocycles. The SMILES string of the molecule is Cc1cc(-c2ccc(-c3ccccc3)cc2)c(N=Nc2c(-c3ccc(-c4ccccc4)cc3)cc(C)cc2-c2ccc(-c3ccc(O)cc3)cc2)c(-c2ccc(-c3ccc(O)cc3)cc2)c1. The highest BCUT2D eigenvalue weighted by atomic mass is 16.3. The number of rotatable bonds is 10. The summed E-state index contributed by atoms with van der Waals surface area (Å²) in [6.07, 6.45) is 0. The summed E-state index contributed by atoms with van der Waals surface area (Å²) < 4.78 is 0. The maximum Gasteiger partial charge on any atom is 0.115 e. The molecule has 0 fully saturated rings. The van der Waals surface area contributed by atoms with E-state index in [1.165, 1.54) is 0 Å². The van der Waals surface area contributed by atoms with Gasteiger partial charge in [-0.1, -0.05) is 182 Å². The fourth-order valence-electron chi connectivity index (χ4n) is 8.69. The number of hydrogen-bond donors (Lipinski definition) is 2. The Morgan fingerprint density at radius 3 is 0.682 bits per heavy atom. The molecule has 2 N–H and O–H groups in total. The Balaban J connectivity index is 1.15. The number of benzene rings is 10. The Morgan fingerprint density at radius 1 is 0.242 bits per heavy atom. The molecule has 0 aliphatic rings. The van der Waals surface area contributed by atoms with Crippen molar-refractivity contribution in [1.29, 1.82) is 0 Å². The van der Waals surface area contributed by atoms with Gasteiger partial charge in [0.2, 0.25) is 0 Å². The third-order valence-electron chi connectivity index (χ3n) is 12.2. The van der Waals surface area contributed by atoms with Crippen molar-refractivity contribution in [3.63, 3.8) is 0 Å². The normalized spacial score (nSPS) is 11.2. The van der Waals surface area contributed by atoms with Gasteiger partial charge in [-0.3, -0.25) is 0 Å². The van der Waals surface area contributed by atoms with Crippen molar-refractivity contribution < 1.29 is 10.2 Å². The molecule has 0 spiro atoms. The maximum absolute atomic E-state index is 9.95. The van der Waals surface area contributed by atoms with Crippen molar-refractivity contribution in [3.8, 4) is 101 Å². The van der Waals surface area contributed by atoms with Crippen LogP contribution in [0.25, 0.3) is 89.0 Å². The van der Waals surface area contributed by atoms with E-state index < -0.39 is 0 Å². The van der Waals surface area contributed by atoms with Gasteiger partial charge in [0.25, 0.3) is 0 Å². The van der Waals surface area contributed by atoms with Gasteiger partial charge in [0.05, 0.1) is 0 Å². The highest BCUT2D eigenvalue weighted by Gasteiger charge is 2.18. The quantitative estimate of drug-likeness (QED) is 0.135. The molecule has 10 aromatic carbocycles. The van der Waals surface area contributed by atoms with Crippen LogP contribution in [0.4, 0.5) is 11.4 Å². The number of phenols is 2. The van der Waals surface area contributed by atoms with Crippen LogP contribution in [-0.4, -0.2) is 10.2 Å². The zero-order valence-electron chi connectivity index (χ0n) is 36.7. The standard InChI is InChI=1S/C62H46N2O2/c1-41-37-57(51-21-13-45(14-22-51)43-9-5-3-6-10-43)61(59(39-41)53-25-17-47(18-26-53)49-29-33-55(65)34-30-49)63-64-62-58(52-23-15-46(16-24-52)44-11-7-4-8-12-44)38-42(2)40-60(62)54-27-19-48(20-28-54)50-31-35-56(66)36-32-50/h3-40,65-66H,1-2H3. The van der Waals surface area contributed by atoms with E-state index in [9.17, 15) is 10.2 Å². The lowest BCUT2D eigenvalue weighted by Crippen LogP contribution is -1.90. The second kappa shape index (κ2) is 18.2. The number of azo groups is 1. The predicted octanol–water partition coefficient (Wildman–Crippen LogP) is 17.5. The second-order valence-corrected chi connectivity index (χ2v) is 16.8. The summed E-state index contributed by atoms with van der Waals surface area (Å²) in [6.45, 7) is 4.27. The lowest BCUT2D eigenvalue weighted by Gasteiger charge is -2.16. The Bertz CT molecular complexity index is 3080. The number of aromatic hydroxyl groups is 2. The van der Waals surface area contributed by atoms with E-state index in [0.717, 1.165) is 112 Å². The molecule has 4 nitrogen and oxygen atoms in total. The van der Waals surface area contributed by atoms with Crippen LogP contribution in [0.15, 0.2) is 241 Å². The van der Waals surface area contributed by atoms with Gasteiger partial charge in [-0.05, 0) is 140 Å². The Morgan fingerprint density at radius 2 is 0.439 bits per heavy atom. The van der Waals surface area contributed by atoms with Gasteiger partial charge in [0.1, 0.15) is 22.9 Å². The molecule has 0 aromatic heterocycles. The zero-order chi connectivity index (χ0) is 45.0. The molecule has 10 aromatic rings. The monoisotopic (exact) mass is 850 g/mol. The minimum Gasteiger partial charge on any atom is -0.508 e. The maximum atomic E-state index is 9.95. The lowest BCUT2D eigenvalue weighted by atomic mass is 9.92. The largest absolute Gasteiger partial charge is 0.508 e. The first-order chi connectivity index (χ1) is 32.3. The van der Waals surface area contributed by atoms with E-state index in [4.69, 9.17) is 10.2 Å². The van der Waals surface area contributed by atoms with Crippen LogP contribution in [0.2, 0.25) is 0 Å². The van der Waals surface area contributed by atoms with Crippen LogP contribution in [0.5, 0.6) is 11.5 Å². The van der Waals surface area contributed by atoms with E-state index in [1.807, 2.05) is 36.4 Å². The van der Waals surface area contributed by atoms with Crippen LogP contribution in [0.3, 0.4) is 0 Å². The van der Waals surface area contributed by atoms with Crippen molar-refractivity contribution in [3.05, 3.63) is 242 Å². The molecule has 0 amide bonds. The minimum absolute atomic E-state index is 0.240. The van der Waals surface area contributed by atoms with Crippen LogP contribution >= 0.6 is 0 Å². The van der Waals surface area contributed by atoms with E-state index >= 15 is 0 Å². The average Bonchev–Trinajstić information content (AvgIpc) is 3.37. The average molecular weight is 851 g/mol. The molecule has 0 radical (unpaired) electrons. The number of hydrogen-bond acceptors (Lipinski definition) is 4. The Hall–Kier alpha value is -8.60. The van der Waals surface area contributed by atoms with E-state index in [1.54, 1.807) is 24.3 Å². The molecule has 0 saturated carbocycles. The summed E-state index contributed by atoms with van der Waals surface area (Å²) in [5.74, 6) is 0.481. The highest BCUT2D eigenvalue weighted by Crippen LogP contribution is 2.46. The summed E-state index contributed by atoms with van der Waals surface area (Å²) in [4.78, 5) is 0. The first-order valence-electron chi connectivity index (χ1n) is 22.2. The zero-order valence-corrected chi connectivity index (χ0v) is 36.7. The van der Waals surface area contributed by atoms with E-state index in [-0.39, 0.29) is 11.5 Å². The van der Waals surface area contributed by atoms with Crippen molar-refractivity contribution >= 4 is 11.4 Å². The summed E-state index contributed by atoms with van der Waals surface area (Å²) in [5, 5.41) is 30.6. The molecule has 66 heavy (non-hydrogen) atoms. The van der Waals surface area contributed by atoms with Crippen molar-refractivity contribution in [2.45, 2.75) is 13.8 Å².